The van der Waals surface area contributed by atoms with Gasteiger partial charge in [0.1, 0.15) is 12.2 Å². The number of carbonyl (C=O) groups is 2. The number of ether oxygens (including phenoxy) is 1. The number of hydrogen-bond acceptors (Lipinski definition) is 3. The Morgan fingerprint density at radius 2 is 1.80 bits per heavy atom. The van der Waals surface area contributed by atoms with Crippen LogP contribution in [0, 0.1) is 11.8 Å². The van der Waals surface area contributed by atoms with Crippen molar-refractivity contribution < 1.29 is 19.4 Å². The number of hydrogen-bond donors (Lipinski definition) is 1. The summed E-state index contributed by atoms with van der Waals surface area (Å²) in [5.41, 5.74) is -0.496. The first-order valence-electron chi connectivity index (χ1n) is 7.36. The minimum absolute atomic E-state index is 0.0933. The second kappa shape index (κ2) is 4.91. The Morgan fingerprint density at radius 3 is 2.35 bits per heavy atom. The van der Waals surface area contributed by atoms with Crippen LogP contribution in [0.2, 0.25) is 0 Å². The highest BCUT2D eigenvalue weighted by atomic mass is 16.5. The topological polar surface area (TPSA) is 70.1 Å². The SMILES string of the molecule is CC1(OCC(=O)O)CN(C(=O)N2CC3CCCC3C2)C1. The quantitative estimate of drug-likeness (QED) is 0.839. The van der Waals surface area contributed by atoms with Gasteiger partial charge in [0, 0.05) is 13.1 Å². The number of urea groups is 1. The molecule has 1 N–H and O–H groups in total. The van der Waals surface area contributed by atoms with Gasteiger partial charge in [0.2, 0.25) is 0 Å². The lowest BCUT2D eigenvalue weighted by Crippen LogP contribution is -2.65. The average Bonchev–Trinajstić information content (AvgIpc) is 2.92. The van der Waals surface area contributed by atoms with E-state index in [1.54, 1.807) is 4.90 Å². The van der Waals surface area contributed by atoms with E-state index in [-0.39, 0.29) is 12.6 Å². The summed E-state index contributed by atoms with van der Waals surface area (Å²) in [4.78, 5) is 26.6. The van der Waals surface area contributed by atoms with Crippen LogP contribution in [0.5, 0.6) is 0 Å². The summed E-state index contributed by atoms with van der Waals surface area (Å²) in [7, 11) is 0. The predicted octanol–water partition coefficient (Wildman–Crippen LogP) is 1.01. The van der Waals surface area contributed by atoms with Crippen LogP contribution in [-0.2, 0) is 9.53 Å². The first kappa shape index (κ1) is 13.7. The van der Waals surface area contributed by atoms with Crippen LogP contribution in [-0.4, -0.2) is 65.3 Å². The number of amides is 2. The Morgan fingerprint density at radius 1 is 1.20 bits per heavy atom. The zero-order valence-corrected chi connectivity index (χ0v) is 11.9. The highest BCUT2D eigenvalue weighted by Gasteiger charge is 2.46. The number of carbonyl (C=O) groups excluding carboxylic acids is 1. The van der Waals surface area contributed by atoms with E-state index < -0.39 is 11.6 Å². The summed E-state index contributed by atoms with van der Waals surface area (Å²) in [5.74, 6) is 0.438. The van der Waals surface area contributed by atoms with Gasteiger partial charge in [-0.1, -0.05) is 6.42 Å². The van der Waals surface area contributed by atoms with Crippen molar-refractivity contribution in [1.82, 2.24) is 9.80 Å². The van der Waals surface area contributed by atoms with E-state index in [1.165, 1.54) is 19.3 Å². The molecule has 3 aliphatic rings. The minimum Gasteiger partial charge on any atom is -0.480 e. The molecule has 2 amide bonds. The second-order valence-corrected chi connectivity index (χ2v) is 6.63. The van der Waals surface area contributed by atoms with Crippen molar-refractivity contribution in [3.8, 4) is 0 Å². The fourth-order valence-electron chi connectivity index (χ4n) is 3.81. The van der Waals surface area contributed by atoms with Gasteiger partial charge in [0.15, 0.2) is 0 Å². The van der Waals surface area contributed by atoms with Crippen molar-refractivity contribution in [2.45, 2.75) is 31.8 Å². The van der Waals surface area contributed by atoms with E-state index in [9.17, 15) is 9.59 Å². The fraction of sp³-hybridized carbons (Fsp3) is 0.857. The molecule has 0 aromatic heterocycles. The first-order valence-corrected chi connectivity index (χ1v) is 7.36. The third-order valence-corrected chi connectivity index (χ3v) is 4.86. The maximum Gasteiger partial charge on any atom is 0.329 e. The predicted molar refractivity (Wildman–Crippen MR) is 71.4 cm³/mol. The van der Waals surface area contributed by atoms with Gasteiger partial charge in [0.05, 0.1) is 13.1 Å². The van der Waals surface area contributed by atoms with Crippen molar-refractivity contribution in [2.24, 2.45) is 11.8 Å². The molecular weight excluding hydrogens is 260 g/mol. The van der Waals surface area contributed by atoms with Gasteiger partial charge in [-0.3, -0.25) is 0 Å². The lowest BCUT2D eigenvalue weighted by molar-refractivity contribution is -0.160. The maximum absolute atomic E-state index is 12.4. The number of nitrogens with zero attached hydrogens (tertiary/aromatic N) is 2. The van der Waals surface area contributed by atoms with Gasteiger partial charge in [-0.05, 0) is 31.6 Å². The molecule has 3 rings (SSSR count). The average molecular weight is 282 g/mol. The van der Waals surface area contributed by atoms with Crippen molar-refractivity contribution in [2.75, 3.05) is 32.8 Å². The normalized spacial score (nSPS) is 31.1. The summed E-state index contributed by atoms with van der Waals surface area (Å²) in [6, 6.07) is 0.0933. The van der Waals surface area contributed by atoms with E-state index in [2.05, 4.69) is 0 Å². The molecule has 2 saturated heterocycles. The third kappa shape index (κ3) is 2.49. The van der Waals surface area contributed by atoms with E-state index in [4.69, 9.17) is 9.84 Å². The highest BCUT2D eigenvalue weighted by Crippen LogP contribution is 2.38. The summed E-state index contributed by atoms with van der Waals surface area (Å²) < 4.78 is 5.33. The molecule has 2 heterocycles. The van der Waals surface area contributed by atoms with E-state index in [0.717, 1.165) is 13.1 Å². The van der Waals surface area contributed by atoms with E-state index >= 15 is 0 Å². The number of carboxylic acids is 1. The van der Waals surface area contributed by atoms with Gasteiger partial charge in [-0.25, -0.2) is 9.59 Å². The lowest BCUT2D eigenvalue weighted by Gasteiger charge is -2.48. The largest absolute Gasteiger partial charge is 0.480 e. The zero-order chi connectivity index (χ0) is 14.3. The van der Waals surface area contributed by atoms with Crippen LogP contribution in [0.15, 0.2) is 0 Å². The second-order valence-electron chi connectivity index (χ2n) is 6.63. The molecule has 112 valence electrons. The molecule has 0 aromatic carbocycles. The molecule has 0 bridgehead atoms. The lowest BCUT2D eigenvalue weighted by atomic mass is 9.97. The van der Waals surface area contributed by atoms with E-state index in [1.807, 2.05) is 11.8 Å². The minimum atomic E-state index is -0.969. The molecule has 6 heteroatoms. The van der Waals surface area contributed by atoms with Crippen LogP contribution in [0.1, 0.15) is 26.2 Å². The van der Waals surface area contributed by atoms with Gasteiger partial charge < -0.3 is 19.6 Å². The molecule has 0 spiro atoms. The molecule has 20 heavy (non-hydrogen) atoms. The molecule has 6 nitrogen and oxygen atoms in total. The molecule has 2 atom stereocenters. The van der Waals surface area contributed by atoms with Crippen LogP contribution < -0.4 is 0 Å². The number of fused-ring (bicyclic) bond motifs is 1. The van der Waals surface area contributed by atoms with E-state index in [0.29, 0.717) is 24.9 Å². The summed E-state index contributed by atoms with van der Waals surface area (Å²) in [6.07, 6.45) is 3.82. The molecule has 1 aliphatic carbocycles. The van der Waals surface area contributed by atoms with Crippen LogP contribution in [0.25, 0.3) is 0 Å². The third-order valence-electron chi connectivity index (χ3n) is 4.86. The molecule has 2 unspecified atom stereocenters. The maximum atomic E-state index is 12.4. The summed E-state index contributed by atoms with van der Waals surface area (Å²) in [6.45, 7) is 4.33. The number of aliphatic carboxylic acids is 1. The van der Waals surface area contributed by atoms with Gasteiger partial charge >= 0.3 is 12.0 Å². The fourth-order valence-corrected chi connectivity index (χ4v) is 3.81. The van der Waals surface area contributed by atoms with Crippen LogP contribution in [0.3, 0.4) is 0 Å². The monoisotopic (exact) mass is 282 g/mol. The molecule has 1 saturated carbocycles. The van der Waals surface area contributed by atoms with Crippen molar-refractivity contribution in [1.29, 1.82) is 0 Å². The Balaban J connectivity index is 1.47. The van der Waals surface area contributed by atoms with Crippen molar-refractivity contribution in [3.63, 3.8) is 0 Å². The summed E-state index contributed by atoms with van der Waals surface area (Å²) >= 11 is 0. The standard InChI is InChI=1S/C14H22N2O4/c1-14(20-7-12(17)18)8-16(9-14)13(19)15-5-10-3-2-4-11(10)6-15/h10-11H,2-9H2,1H3,(H,17,18). The summed E-state index contributed by atoms with van der Waals surface area (Å²) in [5, 5.41) is 8.62. The van der Waals surface area contributed by atoms with Gasteiger partial charge in [-0.2, -0.15) is 0 Å². The van der Waals surface area contributed by atoms with Crippen molar-refractivity contribution >= 4 is 12.0 Å². The highest BCUT2D eigenvalue weighted by molar-refractivity contribution is 5.76. The number of likely N-dealkylation sites (tertiary alicyclic amines) is 2. The first-order chi connectivity index (χ1) is 9.47. The molecule has 0 radical (unpaired) electrons. The molecule has 0 aromatic rings. The Bertz CT molecular complexity index is 407. The Kier molecular flexibility index (Phi) is 3.36. The van der Waals surface area contributed by atoms with Gasteiger partial charge in [-0.15, -0.1) is 0 Å². The van der Waals surface area contributed by atoms with Gasteiger partial charge in [0.25, 0.3) is 0 Å². The smallest absolute Gasteiger partial charge is 0.329 e. The Hall–Kier alpha value is -1.30. The van der Waals surface area contributed by atoms with Crippen LogP contribution in [0.4, 0.5) is 4.79 Å². The van der Waals surface area contributed by atoms with Crippen molar-refractivity contribution in [3.05, 3.63) is 0 Å². The Labute approximate surface area is 118 Å². The zero-order valence-electron chi connectivity index (χ0n) is 11.9. The molecule has 3 fully saturated rings. The molecule has 2 aliphatic heterocycles. The number of carboxylic acid groups (broad SMARTS) is 1. The van der Waals surface area contributed by atoms with Crippen LogP contribution >= 0.6 is 0 Å². The number of rotatable bonds is 3. The molecular formula is C14H22N2O4.